The highest BCUT2D eigenvalue weighted by Crippen LogP contribution is 2.42. The first-order valence-corrected chi connectivity index (χ1v) is 8.69. The van der Waals surface area contributed by atoms with E-state index in [-0.39, 0.29) is 33.6 Å². The third-order valence-corrected chi connectivity index (χ3v) is 5.70. The van der Waals surface area contributed by atoms with Gasteiger partial charge in [0.25, 0.3) is 0 Å². The van der Waals surface area contributed by atoms with Gasteiger partial charge in [-0.3, -0.25) is 0 Å². The Bertz CT molecular complexity index is 658. The molecule has 0 saturated carbocycles. The number of carbonyl (C=O) groups is 1. The van der Waals surface area contributed by atoms with E-state index in [1.807, 2.05) is 0 Å². The van der Waals surface area contributed by atoms with Crippen molar-refractivity contribution < 1.29 is 28.2 Å². The number of carbonyl (C=O) groups excluding carboxylic acids is 1. The lowest BCUT2D eigenvalue weighted by Crippen LogP contribution is -2.22. The number of aliphatic hydroxyl groups is 2. The summed E-state index contributed by atoms with van der Waals surface area (Å²) in [6.07, 6.45) is -0.983. The van der Waals surface area contributed by atoms with Crippen molar-refractivity contribution in [2.24, 2.45) is 0 Å². The average Bonchev–Trinajstić information content (AvgIpc) is 2.89. The van der Waals surface area contributed by atoms with Crippen LogP contribution in [0.4, 0.5) is 10.7 Å². The Labute approximate surface area is 125 Å². The highest BCUT2D eigenvalue weighted by Gasteiger charge is 2.36. The monoisotopic (exact) mass is 336 g/mol. The molecule has 0 bridgehead atoms. The maximum atomic E-state index is 11.9. The second-order valence-corrected chi connectivity index (χ2v) is 7.73. The molecule has 0 amide bonds. The van der Waals surface area contributed by atoms with Crippen molar-refractivity contribution in [3.05, 3.63) is 4.88 Å². The Morgan fingerprint density at radius 1 is 1.38 bits per heavy atom. The molecule has 2 rings (SSSR count). The summed E-state index contributed by atoms with van der Waals surface area (Å²) in [7, 11) is -2.51. The Kier molecular flexibility index (Phi) is 4.15. The molecular weight excluding hydrogens is 320 g/mol. The molecule has 0 spiro atoms. The van der Waals surface area contributed by atoms with E-state index in [0.717, 1.165) is 17.6 Å². The number of aliphatic hydroxyl groups excluding tert-OH is 2. The second-order valence-electron chi connectivity index (χ2n) is 4.78. The van der Waals surface area contributed by atoms with Gasteiger partial charge in [-0.25, -0.2) is 13.2 Å². The number of hydrogen-bond donors (Lipinski definition) is 3. The zero-order valence-corrected chi connectivity index (χ0v) is 13.1. The van der Waals surface area contributed by atoms with Crippen LogP contribution in [0.2, 0.25) is 0 Å². The summed E-state index contributed by atoms with van der Waals surface area (Å²) < 4.78 is 28.5. The number of hydrogen-bond acceptors (Lipinski definition) is 9. The van der Waals surface area contributed by atoms with Gasteiger partial charge in [0, 0.05) is 19.3 Å². The molecule has 2 atom stereocenters. The van der Waals surface area contributed by atoms with Crippen molar-refractivity contribution in [2.75, 3.05) is 37.1 Å². The third-order valence-electron chi connectivity index (χ3n) is 3.17. The molecule has 1 aromatic rings. The van der Waals surface area contributed by atoms with Crippen molar-refractivity contribution in [3.8, 4) is 0 Å². The van der Waals surface area contributed by atoms with Gasteiger partial charge in [0.05, 0.1) is 25.0 Å². The Hall–Kier alpha value is -1.36. The molecule has 10 heteroatoms. The van der Waals surface area contributed by atoms with Gasteiger partial charge in [0.2, 0.25) is 0 Å². The first-order valence-electron chi connectivity index (χ1n) is 5.98. The number of sulfone groups is 1. The number of methoxy groups -OCH3 is 1. The maximum Gasteiger partial charge on any atom is 0.350 e. The number of β-amino-alcohol motifs (C(OH)–C–C–N with tert-alkyl or cyclic N) is 2. The van der Waals surface area contributed by atoms with Crippen LogP contribution in [0.25, 0.3) is 0 Å². The first-order chi connectivity index (χ1) is 9.66. The minimum Gasteiger partial charge on any atom is -0.465 e. The number of thiophene rings is 1. The predicted octanol–water partition coefficient (Wildman–Crippen LogP) is -0.938. The van der Waals surface area contributed by atoms with Crippen molar-refractivity contribution in [2.45, 2.75) is 17.1 Å². The number of esters is 1. The van der Waals surface area contributed by atoms with Gasteiger partial charge in [-0.15, -0.1) is 11.3 Å². The zero-order valence-electron chi connectivity index (χ0n) is 11.4. The van der Waals surface area contributed by atoms with Crippen LogP contribution >= 0.6 is 11.3 Å². The molecule has 4 N–H and O–H groups in total. The van der Waals surface area contributed by atoms with Gasteiger partial charge in [-0.1, -0.05) is 0 Å². The van der Waals surface area contributed by atoms with E-state index in [0.29, 0.717) is 0 Å². The van der Waals surface area contributed by atoms with E-state index >= 15 is 0 Å². The lowest BCUT2D eigenvalue weighted by molar-refractivity contribution is 0.0572. The number of rotatable bonds is 3. The van der Waals surface area contributed by atoms with Crippen molar-refractivity contribution >= 4 is 37.8 Å². The predicted molar refractivity (Wildman–Crippen MR) is 77.4 cm³/mol. The highest BCUT2D eigenvalue weighted by atomic mass is 32.2. The highest BCUT2D eigenvalue weighted by molar-refractivity contribution is 7.91. The van der Waals surface area contributed by atoms with Gasteiger partial charge in [0.15, 0.2) is 9.84 Å². The minimum atomic E-state index is -3.68. The van der Waals surface area contributed by atoms with E-state index in [9.17, 15) is 23.4 Å². The quantitative estimate of drug-likeness (QED) is 0.603. The lowest BCUT2D eigenvalue weighted by atomic mass is 10.3. The normalized spacial score (nSPS) is 22.6. The fourth-order valence-electron chi connectivity index (χ4n) is 2.16. The summed E-state index contributed by atoms with van der Waals surface area (Å²) in [5, 5.41) is 19.4. The van der Waals surface area contributed by atoms with Gasteiger partial charge >= 0.3 is 5.97 Å². The van der Waals surface area contributed by atoms with Gasteiger partial charge in [-0.2, -0.15) is 0 Å². The molecule has 118 valence electrons. The molecule has 2 heterocycles. The summed E-state index contributed by atoms with van der Waals surface area (Å²) in [5.74, 6) is -0.728. The van der Waals surface area contributed by atoms with Crippen LogP contribution < -0.4 is 10.6 Å². The van der Waals surface area contributed by atoms with Gasteiger partial charge < -0.3 is 25.6 Å². The van der Waals surface area contributed by atoms with Crippen molar-refractivity contribution in [1.29, 1.82) is 0 Å². The van der Waals surface area contributed by atoms with Crippen LogP contribution in [-0.4, -0.2) is 63.3 Å². The molecule has 21 heavy (non-hydrogen) atoms. The van der Waals surface area contributed by atoms with E-state index in [2.05, 4.69) is 4.74 Å². The number of nitrogens with zero attached hydrogens (tertiary/aromatic N) is 1. The number of ether oxygens (including phenoxy) is 1. The maximum absolute atomic E-state index is 11.9. The Morgan fingerprint density at radius 2 is 1.90 bits per heavy atom. The zero-order chi connectivity index (χ0) is 15.9. The summed E-state index contributed by atoms with van der Waals surface area (Å²) in [5.41, 5.74) is 5.62. The van der Waals surface area contributed by atoms with Crippen LogP contribution in [0.3, 0.4) is 0 Å². The fraction of sp³-hybridized carbons (Fsp3) is 0.545. The van der Waals surface area contributed by atoms with Crippen molar-refractivity contribution in [3.63, 3.8) is 0 Å². The number of nitrogen functional groups attached to an aromatic ring is 1. The van der Waals surface area contributed by atoms with Gasteiger partial charge in [0.1, 0.15) is 14.8 Å². The van der Waals surface area contributed by atoms with Crippen LogP contribution in [-0.2, 0) is 14.6 Å². The molecule has 1 fully saturated rings. The fourth-order valence-corrected chi connectivity index (χ4v) is 4.81. The van der Waals surface area contributed by atoms with E-state index < -0.39 is 28.0 Å². The second kappa shape index (κ2) is 5.44. The molecule has 2 unspecified atom stereocenters. The van der Waals surface area contributed by atoms with Crippen LogP contribution in [0.15, 0.2) is 4.90 Å². The molecule has 1 aliphatic heterocycles. The third kappa shape index (κ3) is 2.84. The molecule has 8 nitrogen and oxygen atoms in total. The van der Waals surface area contributed by atoms with E-state index in [1.54, 1.807) is 0 Å². The summed E-state index contributed by atoms with van der Waals surface area (Å²) in [6, 6.07) is 0. The molecule has 0 radical (unpaired) electrons. The Morgan fingerprint density at radius 3 is 2.33 bits per heavy atom. The number of anilines is 2. The van der Waals surface area contributed by atoms with Crippen molar-refractivity contribution in [1.82, 2.24) is 0 Å². The topological polar surface area (TPSA) is 130 Å². The molecule has 1 aromatic heterocycles. The standard InChI is InChI=1S/C11H16N2O6S2/c1-19-11(16)8-7(12)9(21(2,17)18)10(20-8)13-3-5(14)6(15)4-13/h5-6,14-15H,3-4,12H2,1-2H3. The van der Waals surface area contributed by atoms with Crippen LogP contribution in [0.1, 0.15) is 9.67 Å². The number of nitrogens with two attached hydrogens (primary N) is 1. The average molecular weight is 336 g/mol. The van der Waals surface area contributed by atoms with E-state index in [4.69, 9.17) is 5.73 Å². The lowest BCUT2D eigenvalue weighted by Gasteiger charge is -2.16. The molecule has 1 aliphatic rings. The minimum absolute atomic E-state index is 0.0104. The molecule has 0 aliphatic carbocycles. The largest absolute Gasteiger partial charge is 0.465 e. The van der Waals surface area contributed by atoms with Gasteiger partial charge in [-0.05, 0) is 0 Å². The smallest absolute Gasteiger partial charge is 0.350 e. The van der Waals surface area contributed by atoms with Crippen LogP contribution in [0, 0.1) is 0 Å². The summed E-state index contributed by atoms with van der Waals surface area (Å²) >= 11 is 0.872. The Balaban J connectivity index is 2.57. The van der Waals surface area contributed by atoms with Crippen LogP contribution in [0.5, 0.6) is 0 Å². The SMILES string of the molecule is COC(=O)c1sc(N2CC(O)C(O)C2)c(S(C)(=O)=O)c1N. The molecular formula is C11H16N2O6S2. The summed E-state index contributed by atoms with van der Waals surface area (Å²) in [6.45, 7) is 0.120. The molecule has 1 saturated heterocycles. The summed E-state index contributed by atoms with van der Waals surface area (Å²) in [4.78, 5) is 13.0. The van der Waals surface area contributed by atoms with E-state index in [1.165, 1.54) is 12.0 Å². The molecule has 0 aromatic carbocycles. The first kappa shape index (κ1) is 16.0.